The Balaban J connectivity index is 0.00000320. The Morgan fingerprint density at radius 1 is 0.700 bits per heavy atom. The normalized spacial score (nSPS) is 10.8. The van der Waals surface area contributed by atoms with Crippen molar-refractivity contribution in [2.75, 3.05) is 32.5 Å². The van der Waals surface area contributed by atoms with Gasteiger partial charge in [0.2, 0.25) is 0 Å². The van der Waals surface area contributed by atoms with Crippen LogP contribution < -0.4 is 38.6 Å². The fourth-order valence-electron chi connectivity index (χ4n) is 3.46. The number of rotatable bonds is 10. The van der Waals surface area contributed by atoms with Crippen molar-refractivity contribution in [2.45, 2.75) is 0 Å². The number of carbonyl (C=O) groups is 1. The Bertz CT molecular complexity index is 782. The minimum absolute atomic E-state index is 0. The summed E-state index contributed by atoms with van der Waals surface area (Å²) >= 11 is 0. The summed E-state index contributed by atoms with van der Waals surface area (Å²) in [5, 5.41) is 3.99. The molecule has 30 heavy (non-hydrogen) atoms. The molecule has 0 bridgehead atoms. The van der Waals surface area contributed by atoms with Crippen molar-refractivity contribution in [3.63, 3.8) is 0 Å². The number of ether oxygens (including phenoxy) is 2. The zero-order chi connectivity index (χ0) is 20.4. The molecule has 3 aromatic rings. The van der Waals surface area contributed by atoms with E-state index in [1.807, 2.05) is 0 Å². The van der Waals surface area contributed by atoms with Gasteiger partial charge in [0.05, 0.1) is 25.9 Å². The van der Waals surface area contributed by atoms with Crippen molar-refractivity contribution in [1.82, 2.24) is 0 Å². The first-order valence-electron chi connectivity index (χ1n) is 9.76. The quantitative estimate of drug-likeness (QED) is 0.238. The topological polar surface area (TPSA) is 61.6 Å². The van der Waals surface area contributed by atoms with Gasteiger partial charge in [0.25, 0.3) is 0 Å². The molecule has 2 N–H and O–H groups in total. The summed E-state index contributed by atoms with van der Waals surface area (Å²) in [6, 6.07) is 32.1. The molecule has 0 unspecified atom stereocenters. The lowest BCUT2D eigenvalue weighted by molar-refractivity contribution is -0.143. The molecular weight excluding hydrogens is 461 g/mol. The number of hydrogen-bond donors (Lipinski definition) is 1. The van der Waals surface area contributed by atoms with Gasteiger partial charge < -0.3 is 32.2 Å². The van der Waals surface area contributed by atoms with E-state index in [-0.39, 0.29) is 30.1 Å². The zero-order valence-electron chi connectivity index (χ0n) is 16.8. The van der Waals surface area contributed by atoms with E-state index in [9.17, 15) is 4.79 Å². The molecule has 0 radical (unpaired) electrons. The van der Waals surface area contributed by atoms with Crippen LogP contribution in [0.15, 0.2) is 91.0 Å². The molecule has 3 aromatic carbocycles. The highest BCUT2D eigenvalue weighted by atomic mass is 79.9. The van der Waals surface area contributed by atoms with Crippen LogP contribution in [-0.2, 0) is 14.3 Å². The van der Waals surface area contributed by atoms with E-state index in [1.165, 1.54) is 15.9 Å². The van der Waals surface area contributed by atoms with Gasteiger partial charge in [-0.2, -0.15) is 0 Å². The van der Waals surface area contributed by atoms with E-state index < -0.39 is 13.2 Å². The fraction of sp³-hybridized carbons (Fsp3) is 0.208. The standard InChI is InChI=1S/C24H27NO3P.BrH/c25-20-24(26)28-17-16-27-18-19-29(21-10-4-1-5-11-21,22-12-6-2-7-13-22)23-14-8-3-9-15-23;/h1-15H,16-20,25H2;1H/q+1;/p-1. The molecular formula is C24H27BrNO3P. The molecule has 6 heteroatoms. The summed E-state index contributed by atoms with van der Waals surface area (Å²) in [6.07, 6.45) is 0.871. The van der Waals surface area contributed by atoms with Crippen molar-refractivity contribution >= 4 is 29.1 Å². The van der Waals surface area contributed by atoms with Crippen molar-refractivity contribution < 1.29 is 31.2 Å². The summed E-state index contributed by atoms with van der Waals surface area (Å²) in [4.78, 5) is 11.2. The Morgan fingerprint density at radius 3 is 1.53 bits per heavy atom. The van der Waals surface area contributed by atoms with Gasteiger partial charge in [0, 0.05) is 0 Å². The molecule has 0 amide bonds. The van der Waals surface area contributed by atoms with Gasteiger partial charge >= 0.3 is 5.97 Å². The monoisotopic (exact) mass is 487 g/mol. The maximum Gasteiger partial charge on any atom is 0.319 e. The minimum atomic E-state index is -1.88. The van der Waals surface area contributed by atoms with Crippen molar-refractivity contribution in [1.29, 1.82) is 0 Å². The largest absolute Gasteiger partial charge is 1.00 e. The Labute approximate surface area is 189 Å². The third-order valence-electron chi connectivity index (χ3n) is 4.82. The number of nitrogens with two attached hydrogens (primary N) is 1. The number of halogens is 1. The third-order valence-corrected chi connectivity index (χ3v) is 9.21. The summed E-state index contributed by atoms with van der Waals surface area (Å²) in [6.45, 7) is 1.06. The molecule has 0 spiro atoms. The van der Waals surface area contributed by atoms with Crippen molar-refractivity contribution in [3.05, 3.63) is 91.0 Å². The van der Waals surface area contributed by atoms with Crippen LogP contribution in [0.4, 0.5) is 0 Å². The second kappa shape index (κ2) is 12.6. The maximum atomic E-state index is 11.2. The molecule has 0 aliphatic carbocycles. The van der Waals surface area contributed by atoms with E-state index in [2.05, 4.69) is 91.0 Å². The number of carbonyl (C=O) groups excluding carboxylic acids is 1. The van der Waals surface area contributed by atoms with Crippen LogP contribution in [0.1, 0.15) is 0 Å². The molecule has 0 atom stereocenters. The highest BCUT2D eigenvalue weighted by molar-refractivity contribution is 7.95. The van der Waals surface area contributed by atoms with Crippen LogP contribution in [0.5, 0.6) is 0 Å². The van der Waals surface area contributed by atoms with Gasteiger partial charge in [0.1, 0.15) is 29.8 Å². The SMILES string of the molecule is NCC(=O)OCCOCC[P+](c1ccccc1)(c1ccccc1)c1ccccc1.[Br-]. The lowest BCUT2D eigenvalue weighted by Crippen LogP contribution is -3.00. The summed E-state index contributed by atoms with van der Waals surface area (Å²) in [5.74, 6) is -0.409. The van der Waals surface area contributed by atoms with E-state index >= 15 is 0 Å². The van der Waals surface area contributed by atoms with Crippen LogP contribution in [-0.4, -0.2) is 38.5 Å². The predicted octanol–water partition coefficient (Wildman–Crippen LogP) is -0.497. The van der Waals surface area contributed by atoms with E-state index in [0.717, 1.165) is 6.16 Å². The van der Waals surface area contributed by atoms with Crippen LogP contribution in [0, 0.1) is 0 Å². The maximum absolute atomic E-state index is 11.2. The second-order valence-corrected chi connectivity index (χ2v) is 10.2. The Morgan fingerprint density at radius 2 is 1.13 bits per heavy atom. The summed E-state index contributed by atoms with van der Waals surface area (Å²) < 4.78 is 10.9. The average Bonchev–Trinajstić information content (AvgIpc) is 2.80. The third kappa shape index (κ3) is 5.99. The van der Waals surface area contributed by atoms with Gasteiger partial charge in [-0.25, -0.2) is 0 Å². The predicted molar refractivity (Wildman–Crippen MR) is 121 cm³/mol. The van der Waals surface area contributed by atoms with E-state index in [0.29, 0.717) is 13.2 Å². The number of esters is 1. The van der Waals surface area contributed by atoms with Gasteiger partial charge in [-0.05, 0) is 36.4 Å². The fourth-order valence-corrected chi connectivity index (χ4v) is 7.57. The molecule has 0 aliphatic rings. The average molecular weight is 488 g/mol. The van der Waals surface area contributed by atoms with Gasteiger partial charge in [-0.1, -0.05) is 54.6 Å². The molecule has 0 aliphatic heterocycles. The first kappa shape index (κ1) is 24.2. The van der Waals surface area contributed by atoms with Crippen LogP contribution in [0.2, 0.25) is 0 Å². The minimum Gasteiger partial charge on any atom is -1.00 e. The highest BCUT2D eigenvalue weighted by Gasteiger charge is 2.44. The van der Waals surface area contributed by atoms with Gasteiger partial charge in [0.15, 0.2) is 0 Å². The first-order valence-corrected chi connectivity index (χ1v) is 11.7. The molecule has 0 saturated heterocycles. The van der Waals surface area contributed by atoms with Crippen LogP contribution >= 0.6 is 7.26 Å². The molecule has 4 nitrogen and oxygen atoms in total. The van der Waals surface area contributed by atoms with Crippen molar-refractivity contribution in [2.24, 2.45) is 5.73 Å². The summed E-state index contributed by atoms with van der Waals surface area (Å²) in [5.41, 5.74) is 5.25. The number of benzene rings is 3. The van der Waals surface area contributed by atoms with Gasteiger partial charge in [-0.15, -0.1) is 0 Å². The highest BCUT2D eigenvalue weighted by Crippen LogP contribution is 2.54. The molecule has 0 fully saturated rings. The lowest BCUT2D eigenvalue weighted by atomic mass is 10.4. The van der Waals surface area contributed by atoms with Crippen molar-refractivity contribution in [3.8, 4) is 0 Å². The Hall–Kier alpha value is -2.04. The number of hydrogen-bond acceptors (Lipinski definition) is 4. The van der Waals surface area contributed by atoms with E-state index in [4.69, 9.17) is 15.2 Å². The molecule has 0 aromatic heterocycles. The molecule has 0 heterocycles. The van der Waals surface area contributed by atoms with Crippen LogP contribution in [0.25, 0.3) is 0 Å². The van der Waals surface area contributed by atoms with Crippen LogP contribution in [0.3, 0.4) is 0 Å². The zero-order valence-corrected chi connectivity index (χ0v) is 19.3. The summed E-state index contributed by atoms with van der Waals surface area (Å²) in [7, 11) is -1.88. The Kier molecular flexibility index (Phi) is 10.2. The molecule has 3 rings (SSSR count). The van der Waals surface area contributed by atoms with E-state index in [1.54, 1.807) is 0 Å². The smallest absolute Gasteiger partial charge is 0.319 e. The lowest BCUT2D eigenvalue weighted by Gasteiger charge is -2.27. The van der Waals surface area contributed by atoms with Gasteiger partial charge in [-0.3, -0.25) is 4.79 Å². The second-order valence-electron chi connectivity index (χ2n) is 6.58. The first-order chi connectivity index (χ1) is 14.3. The molecule has 0 saturated carbocycles. The molecule has 158 valence electrons.